The van der Waals surface area contributed by atoms with Gasteiger partial charge in [0.1, 0.15) is 0 Å². The first kappa shape index (κ1) is 16.8. The van der Waals surface area contributed by atoms with Crippen LogP contribution in [0.1, 0.15) is 31.4 Å². The molecule has 22 heavy (non-hydrogen) atoms. The Morgan fingerprint density at radius 2 is 2.05 bits per heavy atom. The van der Waals surface area contributed by atoms with Crippen molar-refractivity contribution < 1.29 is 9.59 Å². The van der Waals surface area contributed by atoms with Gasteiger partial charge < -0.3 is 10.2 Å². The van der Waals surface area contributed by atoms with Crippen molar-refractivity contribution in [2.24, 2.45) is 5.41 Å². The Hall–Kier alpha value is -1.55. The number of anilines is 1. The van der Waals surface area contributed by atoms with Gasteiger partial charge in [0.2, 0.25) is 11.8 Å². The first-order valence-corrected chi connectivity index (χ1v) is 8.02. The fourth-order valence-corrected chi connectivity index (χ4v) is 2.51. The summed E-state index contributed by atoms with van der Waals surface area (Å²) in [5.74, 6) is 0.180. The Morgan fingerprint density at radius 3 is 2.64 bits per heavy atom. The van der Waals surface area contributed by atoms with Gasteiger partial charge in [-0.05, 0) is 51.0 Å². The number of benzene rings is 1. The zero-order chi connectivity index (χ0) is 16.5. The van der Waals surface area contributed by atoms with Crippen LogP contribution in [0.2, 0.25) is 0 Å². The standard InChI is InChI=1S/C17H23ClN2O2/c1-11-5-6-14(7-12(11)2)20-9-13(8-15(20)21)19-16(22)17(3,4)10-18/h5-7,13H,8-10H2,1-4H3,(H,19,22)/t13-/m0/s1. The molecule has 1 atom stereocenters. The van der Waals surface area contributed by atoms with E-state index in [1.807, 2.05) is 32.0 Å². The summed E-state index contributed by atoms with van der Waals surface area (Å²) >= 11 is 5.82. The largest absolute Gasteiger partial charge is 0.351 e. The predicted octanol–water partition coefficient (Wildman–Crippen LogP) is 2.79. The van der Waals surface area contributed by atoms with Crippen molar-refractivity contribution in [3.8, 4) is 0 Å². The van der Waals surface area contributed by atoms with Crippen LogP contribution < -0.4 is 10.2 Å². The summed E-state index contributed by atoms with van der Waals surface area (Å²) in [6, 6.07) is 5.82. The van der Waals surface area contributed by atoms with Crippen LogP contribution in [-0.2, 0) is 9.59 Å². The Labute approximate surface area is 136 Å². The minimum absolute atomic E-state index is 0.0391. The Morgan fingerprint density at radius 1 is 1.36 bits per heavy atom. The van der Waals surface area contributed by atoms with Crippen LogP contribution in [0, 0.1) is 19.3 Å². The highest BCUT2D eigenvalue weighted by Gasteiger charge is 2.35. The number of halogens is 1. The molecule has 0 bridgehead atoms. The first-order valence-electron chi connectivity index (χ1n) is 7.49. The molecule has 2 amide bonds. The van der Waals surface area contributed by atoms with Gasteiger partial charge in [-0.1, -0.05) is 6.07 Å². The van der Waals surface area contributed by atoms with E-state index in [-0.39, 0.29) is 23.7 Å². The van der Waals surface area contributed by atoms with Gasteiger partial charge in [-0.3, -0.25) is 9.59 Å². The van der Waals surface area contributed by atoms with E-state index < -0.39 is 5.41 Å². The van der Waals surface area contributed by atoms with Crippen LogP contribution in [0.3, 0.4) is 0 Å². The molecule has 0 saturated carbocycles. The van der Waals surface area contributed by atoms with E-state index in [1.54, 1.807) is 18.7 Å². The molecule has 1 fully saturated rings. The van der Waals surface area contributed by atoms with E-state index in [2.05, 4.69) is 5.32 Å². The van der Waals surface area contributed by atoms with Crippen LogP contribution >= 0.6 is 11.6 Å². The van der Waals surface area contributed by atoms with Crippen LogP contribution in [0.25, 0.3) is 0 Å². The number of alkyl halides is 1. The maximum Gasteiger partial charge on any atom is 0.229 e. The number of carbonyl (C=O) groups excluding carboxylic acids is 2. The molecule has 4 nitrogen and oxygen atoms in total. The minimum Gasteiger partial charge on any atom is -0.351 e. The number of amides is 2. The highest BCUT2D eigenvalue weighted by Crippen LogP contribution is 2.25. The SMILES string of the molecule is Cc1ccc(N2C[C@@H](NC(=O)C(C)(C)CCl)CC2=O)cc1C. The lowest BCUT2D eigenvalue weighted by Gasteiger charge is -2.23. The molecule has 2 rings (SSSR count). The van der Waals surface area contributed by atoms with Crippen LogP contribution in [0.15, 0.2) is 18.2 Å². The minimum atomic E-state index is -0.627. The van der Waals surface area contributed by atoms with Crippen molar-refractivity contribution in [3.63, 3.8) is 0 Å². The van der Waals surface area contributed by atoms with Crippen LogP contribution in [0.5, 0.6) is 0 Å². The zero-order valence-corrected chi connectivity index (χ0v) is 14.3. The molecule has 0 radical (unpaired) electrons. The lowest BCUT2D eigenvalue weighted by atomic mass is 9.95. The second-order valence-corrected chi connectivity index (χ2v) is 6.93. The van der Waals surface area contributed by atoms with Gasteiger partial charge in [-0.25, -0.2) is 0 Å². The molecule has 1 aliphatic rings. The van der Waals surface area contributed by atoms with Crippen LogP contribution in [0.4, 0.5) is 5.69 Å². The Kier molecular flexibility index (Phi) is 4.81. The fourth-order valence-electron chi connectivity index (χ4n) is 2.39. The maximum absolute atomic E-state index is 12.2. The summed E-state index contributed by atoms with van der Waals surface area (Å²) in [6.45, 7) is 8.18. The van der Waals surface area contributed by atoms with Crippen molar-refractivity contribution in [1.29, 1.82) is 0 Å². The van der Waals surface area contributed by atoms with Crippen molar-refractivity contribution in [3.05, 3.63) is 29.3 Å². The lowest BCUT2D eigenvalue weighted by molar-refractivity contribution is -0.128. The lowest BCUT2D eigenvalue weighted by Crippen LogP contribution is -2.44. The third-order valence-corrected chi connectivity index (χ3v) is 4.88. The molecule has 0 aromatic heterocycles. The average molecular weight is 323 g/mol. The maximum atomic E-state index is 12.2. The summed E-state index contributed by atoms with van der Waals surface area (Å²) < 4.78 is 0. The van der Waals surface area contributed by atoms with Gasteiger partial charge in [0, 0.05) is 24.5 Å². The number of hydrogen-bond donors (Lipinski definition) is 1. The molecule has 1 aromatic rings. The Bertz CT molecular complexity index is 598. The van der Waals surface area contributed by atoms with Crippen molar-refractivity contribution in [2.75, 3.05) is 17.3 Å². The molecule has 1 heterocycles. The van der Waals surface area contributed by atoms with E-state index >= 15 is 0 Å². The van der Waals surface area contributed by atoms with E-state index in [9.17, 15) is 9.59 Å². The number of nitrogens with one attached hydrogen (secondary N) is 1. The number of hydrogen-bond acceptors (Lipinski definition) is 2. The number of aryl methyl sites for hydroxylation is 2. The quantitative estimate of drug-likeness (QED) is 0.867. The van der Waals surface area contributed by atoms with Gasteiger partial charge >= 0.3 is 0 Å². The normalized spacial score (nSPS) is 18.7. The molecule has 0 unspecified atom stereocenters. The Balaban J connectivity index is 2.08. The second-order valence-electron chi connectivity index (χ2n) is 6.66. The third-order valence-electron chi connectivity index (χ3n) is 4.21. The van der Waals surface area contributed by atoms with Gasteiger partial charge in [-0.2, -0.15) is 0 Å². The van der Waals surface area contributed by atoms with E-state index in [0.29, 0.717) is 13.0 Å². The van der Waals surface area contributed by atoms with Gasteiger partial charge in [0.15, 0.2) is 0 Å². The summed E-state index contributed by atoms with van der Waals surface area (Å²) in [5, 5.41) is 2.94. The number of carbonyl (C=O) groups is 2. The van der Waals surface area contributed by atoms with Gasteiger partial charge in [0.05, 0.1) is 11.5 Å². The zero-order valence-electron chi connectivity index (χ0n) is 13.6. The van der Waals surface area contributed by atoms with Crippen molar-refractivity contribution in [2.45, 2.75) is 40.2 Å². The topological polar surface area (TPSA) is 49.4 Å². The predicted molar refractivity (Wildman–Crippen MR) is 89.3 cm³/mol. The van der Waals surface area contributed by atoms with Crippen molar-refractivity contribution >= 4 is 29.1 Å². The second kappa shape index (κ2) is 6.29. The van der Waals surface area contributed by atoms with Gasteiger partial charge in [-0.15, -0.1) is 11.6 Å². The summed E-state index contributed by atoms with van der Waals surface area (Å²) in [6.07, 6.45) is 0.330. The molecular formula is C17H23ClN2O2. The first-order chi connectivity index (χ1) is 10.2. The molecular weight excluding hydrogens is 300 g/mol. The molecule has 120 valence electrons. The highest BCUT2D eigenvalue weighted by molar-refractivity contribution is 6.19. The van der Waals surface area contributed by atoms with Gasteiger partial charge in [0.25, 0.3) is 0 Å². The fraction of sp³-hybridized carbons (Fsp3) is 0.529. The van der Waals surface area contributed by atoms with E-state index in [4.69, 9.17) is 11.6 Å². The molecule has 5 heteroatoms. The summed E-state index contributed by atoms with van der Waals surface area (Å²) in [4.78, 5) is 26.1. The third kappa shape index (κ3) is 3.43. The molecule has 0 aliphatic carbocycles. The molecule has 1 saturated heterocycles. The van der Waals surface area contributed by atoms with E-state index in [1.165, 1.54) is 5.56 Å². The molecule has 1 aromatic carbocycles. The highest BCUT2D eigenvalue weighted by atomic mass is 35.5. The average Bonchev–Trinajstić information content (AvgIpc) is 2.82. The summed E-state index contributed by atoms with van der Waals surface area (Å²) in [7, 11) is 0. The molecule has 1 aliphatic heterocycles. The smallest absolute Gasteiger partial charge is 0.229 e. The number of nitrogens with zero attached hydrogens (tertiary/aromatic N) is 1. The number of rotatable bonds is 4. The molecule has 0 spiro atoms. The summed E-state index contributed by atoms with van der Waals surface area (Å²) in [5.41, 5.74) is 2.62. The van der Waals surface area contributed by atoms with E-state index in [0.717, 1.165) is 11.3 Å². The van der Waals surface area contributed by atoms with Crippen LogP contribution in [-0.4, -0.2) is 30.3 Å². The van der Waals surface area contributed by atoms with Crippen molar-refractivity contribution in [1.82, 2.24) is 5.32 Å². The monoisotopic (exact) mass is 322 g/mol. The molecule has 1 N–H and O–H groups in total.